The van der Waals surface area contributed by atoms with Crippen LogP contribution in [0, 0.1) is 0 Å². The van der Waals surface area contributed by atoms with E-state index in [1.54, 1.807) is 0 Å². The highest BCUT2D eigenvalue weighted by atomic mass is 16.7. The third-order valence-corrected chi connectivity index (χ3v) is 7.35. The molecule has 3 heterocycles. The molecule has 10 atom stereocenters. The van der Waals surface area contributed by atoms with Crippen LogP contribution in [0.5, 0.6) is 28.7 Å². The lowest BCUT2D eigenvalue weighted by Gasteiger charge is -2.45. The van der Waals surface area contributed by atoms with Gasteiger partial charge in [-0.05, 0) is 18.2 Å². The second kappa shape index (κ2) is 12.3. The molecule has 3 aromatic rings. The van der Waals surface area contributed by atoms with Crippen LogP contribution in [0.4, 0.5) is 0 Å². The van der Waals surface area contributed by atoms with Crippen LogP contribution in [-0.4, -0.2) is 131 Å². The van der Waals surface area contributed by atoms with Crippen molar-refractivity contribution in [3.8, 4) is 40.1 Å². The van der Waals surface area contributed by atoms with Gasteiger partial charge in [0.2, 0.25) is 17.5 Å². The zero-order valence-electron chi connectivity index (χ0n) is 22.4. The van der Waals surface area contributed by atoms with E-state index in [9.17, 15) is 61.0 Å². The Labute approximate surface area is 246 Å². The summed E-state index contributed by atoms with van der Waals surface area (Å²) in [6.45, 7) is -1.67. The van der Waals surface area contributed by atoms with Crippen molar-refractivity contribution in [3.05, 3.63) is 40.6 Å². The van der Waals surface area contributed by atoms with Crippen molar-refractivity contribution in [1.29, 1.82) is 0 Å². The monoisotopic (exact) mass is 626 g/mol. The molecule has 44 heavy (non-hydrogen) atoms. The lowest BCUT2D eigenvalue weighted by molar-refractivity contribution is -0.352. The topological polar surface area (TPSA) is 290 Å². The maximum Gasteiger partial charge on any atom is 0.239 e. The molecule has 0 amide bonds. The van der Waals surface area contributed by atoms with Gasteiger partial charge >= 0.3 is 0 Å². The van der Waals surface area contributed by atoms with E-state index in [4.69, 9.17) is 23.4 Å². The third kappa shape index (κ3) is 5.61. The predicted molar refractivity (Wildman–Crippen MR) is 142 cm³/mol. The molecule has 5 rings (SSSR count). The van der Waals surface area contributed by atoms with Crippen molar-refractivity contribution in [3.63, 3.8) is 0 Å². The van der Waals surface area contributed by atoms with Crippen LogP contribution >= 0.6 is 0 Å². The highest BCUT2D eigenvalue weighted by molar-refractivity contribution is 5.88. The summed E-state index contributed by atoms with van der Waals surface area (Å²) in [5.41, 5.74) is -1.41. The standard InChI is InChI=1S/C27H30O17/c28-6-14-17(34)19(36)21(38)26(41-14)43-24-15(7-29)42-27(22(39)20(24)37)44-25-18(35)16-12(33)4-9(30)5-13(16)40-23(25)8-1-2-10(31)11(32)3-8/h1-5,14-15,17,19-22,24,26-34,36-39H,6-7H2/t14-,15+,17+,19+,20+,21+,22+,24+,26+,27-/m1/s1. The molecule has 0 bridgehead atoms. The predicted octanol–water partition coefficient (Wildman–Crippen LogP) is -2.71. The summed E-state index contributed by atoms with van der Waals surface area (Å²) in [4.78, 5) is 13.6. The number of rotatable bonds is 7. The van der Waals surface area contributed by atoms with Crippen molar-refractivity contribution < 1.29 is 79.5 Å². The summed E-state index contributed by atoms with van der Waals surface area (Å²) in [6, 6.07) is 5.17. The van der Waals surface area contributed by atoms with Crippen LogP contribution in [0.15, 0.2) is 39.5 Å². The Morgan fingerprint density at radius 3 is 2.02 bits per heavy atom. The second-order valence-electron chi connectivity index (χ2n) is 10.3. The molecule has 2 aromatic carbocycles. The van der Waals surface area contributed by atoms with Crippen LogP contribution in [0.3, 0.4) is 0 Å². The summed E-state index contributed by atoms with van der Waals surface area (Å²) >= 11 is 0. The molecule has 0 saturated carbocycles. The Morgan fingerprint density at radius 1 is 0.705 bits per heavy atom. The first-order chi connectivity index (χ1) is 20.9. The van der Waals surface area contributed by atoms with Gasteiger partial charge < -0.3 is 79.5 Å². The molecule has 0 unspecified atom stereocenters. The van der Waals surface area contributed by atoms with Crippen LogP contribution in [0.25, 0.3) is 22.3 Å². The molecule has 2 aliphatic rings. The smallest absolute Gasteiger partial charge is 0.239 e. The number of fused-ring (bicyclic) bond motifs is 1. The van der Waals surface area contributed by atoms with Gasteiger partial charge in [0.1, 0.15) is 71.3 Å². The van der Waals surface area contributed by atoms with Gasteiger partial charge in [-0.25, -0.2) is 0 Å². The highest BCUT2D eigenvalue weighted by Gasteiger charge is 2.51. The van der Waals surface area contributed by atoms with Crippen LogP contribution in [0.1, 0.15) is 0 Å². The molecule has 11 N–H and O–H groups in total. The number of hydrogen-bond acceptors (Lipinski definition) is 17. The van der Waals surface area contributed by atoms with Gasteiger partial charge in [-0.15, -0.1) is 0 Å². The lowest BCUT2D eigenvalue weighted by atomic mass is 9.97. The summed E-state index contributed by atoms with van der Waals surface area (Å²) in [5.74, 6) is -3.44. The Kier molecular flexibility index (Phi) is 8.87. The van der Waals surface area contributed by atoms with E-state index >= 15 is 0 Å². The van der Waals surface area contributed by atoms with Crippen molar-refractivity contribution in [2.45, 2.75) is 61.4 Å². The zero-order valence-corrected chi connectivity index (χ0v) is 22.4. The van der Waals surface area contributed by atoms with Gasteiger partial charge in [0.05, 0.1) is 13.2 Å². The largest absolute Gasteiger partial charge is 0.508 e. The second-order valence-corrected chi connectivity index (χ2v) is 10.3. The number of ether oxygens (including phenoxy) is 4. The zero-order chi connectivity index (χ0) is 32.0. The summed E-state index contributed by atoms with van der Waals surface area (Å²) < 4.78 is 27.8. The normalized spacial score (nSPS) is 32.5. The average molecular weight is 627 g/mol. The van der Waals surface area contributed by atoms with Gasteiger partial charge in [0, 0.05) is 17.7 Å². The summed E-state index contributed by atoms with van der Waals surface area (Å²) in [5, 5.41) is 111. The van der Waals surface area contributed by atoms with Crippen molar-refractivity contribution in [2.75, 3.05) is 13.2 Å². The first kappa shape index (κ1) is 31.7. The SMILES string of the molecule is O=c1c(O[C@H]2O[C@@H](CO)[C@H](O[C@@H]3O[C@H](CO)[C@H](O)[C@H](O)[C@@H]3O)[C@@H](O)[C@@H]2O)c(-c2ccc(O)c(O)c2)oc2cc(O)cc(O)c12. The number of aliphatic hydroxyl groups excluding tert-OH is 7. The van der Waals surface area contributed by atoms with E-state index in [2.05, 4.69) is 0 Å². The molecule has 17 nitrogen and oxygen atoms in total. The maximum absolute atomic E-state index is 13.6. The van der Waals surface area contributed by atoms with E-state index in [0.717, 1.165) is 24.3 Å². The molecular weight excluding hydrogens is 596 g/mol. The number of phenolic OH excluding ortho intramolecular Hbond substituents is 4. The molecule has 2 aliphatic heterocycles. The van der Waals surface area contributed by atoms with Crippen LogP contribution in [0.2, 0.25) is 0 Å². The Balaban J connectivity index is 1.49. The molecule has 0 spiro atoms. The first-order valence-electron chi connectivity index (χ1n) is 13.2. The number of aromatic hydroxyl groups is 4. The minimum atomic E-state index is -2.04. The van der Waals surface area contributed by atoms with E-state index in [1.807, 2.05) is 0 Å². The number of hydrogen-bond donors (Lipinski definition) is 11. The average Bonchev–Trinajstić information content (AvgIpc) is 2.98. The van der Waals surface area contributed by atoms with E-state index < -0.39 is 120 Å². The molecular formula is C27H30O17. The number of phenols is 4. The minimum absolute atomic E-state index is 0.0504. The van der Waals surface area contributed by atoms with Crippen molar-refractivity contribution >= 4 is 11.0 Å². The molecule has 17 heteroatoms. The van der Waals surface area contributed by atoms with E-state index in [1.165, 1.54) is 6.07 Å². The van der Waals surface area contributed by atoms with Crippen LogP contribution < -0.4 is 10.2 Å². The molecule has 2 saturated heterocycles. The maximum atomic E-state index is 13.6. The quantitative estimate of drug-likeness (QED) is 0.119. The first-order valence-corrected chi connectivity index (χ1v) is 13.2. The summed E-state index contributed by atoms with van der Waals surface area (Å²) in [7, 11) is 0. The Morgan fingerprint density at radius 2 is 1.36 bits per heavy atom. The molecule has 2 fully saturated rings. The Bertz CT molecular complexity index is 1550. The highest BCUT2D eigenvalue weighted by Crippen LogP contribution is 2.39. The molecule has 1 aromatic heterocycles. The third-order valence-electron chi connectivity index (χ3n) is 7.35. The van der Waals surface area contributed by atoms with Crippen molar-refractivity contribution in [2.24, 2.45) is 0 Å². The fraction of sp³-hybridized carbons (Fsp3) is 0.444. The van der Waals surface area contributed by atoms with Gasteiger partial charge in [-0.2, -0.15) is 0 Å². The van der Waals surface area contributed by atoms with E-state index in [-0.39, 0.29) is 11.1 Å². The Hall–Kier alpha value is -3.75. The fourth-order valence-electron chi connectivity index (χ4n) is 5.00. The molecule has 0 radical (unpaired) electrons. The molecule has 240 valence electrons. The van der Waals surface area contributed by atoms with Crippen molar-refractivity contribution in [1.82, 2.24) is 0 Å². The fourth-order valence-corrected chi connectivity index (χ4v) is 5.00. The lowest BCUT2D eigenvalue weighted by Crippen LogP contribution is -2.65. The van der Waals surface area contributed by atoms with Gasteiger partial charge in [0.25, 0.3) is 0 Å². The van der Waals surface area contributed by atoms with Crippen LogP contribution in [-0.2, 0) is 14.2 Å². The van der Waals surface area contributed by atoms with E-state index in [0.29, 0.717) is 0 Å². The van der Waals surface area contributed by atoms with Gasteiger partial charge in [-0.3, -0.25) is 4.79 Å². The summed E-state index contributed by atoms with van der Waals surface area (Å²) in [6.07, 6.45) is -17.7. The van der Waals surface area contributed by atoms with Gasteiger partial charge in [0.15, 0.2) is 23.5 Å². The number of benzene rings is 2. The minimum Gasteiger partial charge on any atom is -0.508 e. The molecule has 0 aliphatic carbocycles. The van der Waals surface area contributed by atoms with Gasteiger partial charge in [-0.1, -0.05) is 0 Å². The number of aliphatic hydroxyl groups is 7.